The van der Waals surface area contributed by atoms with Crippen LogP contribution < -0.4 is 0 Å². The van der Waals surface area contributed by atoms with Crippen molar-refractivity contribution in [3.63, 3.8) is 0 Å². The predicted molar refractivity (Wildman–Crippen MR) is 245 cm³/mol. The van der Waals surface area contributed by atoms with Crippen LogP contribution in [0.5, 0.6) is 155 Å². The summed E-state index contributed by atoms with van der Waals surface area (Å²) in [5.41, 5.74) is -10.6. The first-order chi connectivity index (χ1) is 34.6. The molecule has 380 valence electrons. The highest BCUT2D eigenvalue weighted by Crippen LogP contribution is 2.70. The lowest BCUT2D eigenvalue weighted by Crippen LogP contribution is -1.97. The molecule has 0 aliphatic carbocycles. The Morgan fingerprint density at radius 1 is 0.176 bits per heavy atom. The number of fused-ring (bicyclic) bond motifs is 7. The quantitative estimate of drug-likeness (QED) is 0.0610. The molecule has 1 aromatic heterocycles. The summed E-state index contributed by atoms with van der Waals surface area (Å²) < 4.78 is 5.51. The number of phenols is 27. The van der Waals surface area contributed by atoms with Crippen LogP contribution in [-0.2, 0) is 0 Å². The maximum absolute atomic E-state index is 12.3. The number of hydrogen-bond acceptors (Lipinski definition) is 28. The van der Waals surface area contributed by atoms with Gasteiger partial charge in [0, 0.05) is 38.1 Å². The minimum absolute atomic E-state index is 0.631. The van der Waals surface area contributed by atoms with Gasteiger partial charge in [-0.3, -0.25) is 0 Å². The molecule has 28 nitrogen and oxygen atoms in total. The Morgan fingerprint density at radius 2 is 0.432 bits per heavy atom. The average molecular weight is 1030 g/mol. The normalized spacial score (nSPS) is 11.9. The molecular weight excluding hydrogens is 1000 g/mol. The standard InChI is InChI=1S/C46H28O28/c47-3-1-2-4(25(54)20(3)49)21(50)17-18-24(53)12(36(65)44(73)46(18)74-45(17)19(2)48)6-9-7(26(55)37(66)39(68)28(9)57)5(8-10(6)29(58)40(69)38(67)27(8)56)11-22(51)13-14(31(60)30(11)59)23(52)15(33(62)32(13)61)16-34(63)41(70)43(72)42(71)35(16)64/h1,47-73H. The van der Waals surface area contributed by atoms with Crippen molar-refractivity contribution in [3.8, 4) is 189 Å². The number of furan rings is 1. The van der Waals surface area contributed by atoms with E-state index in [1.165, 1.54) is 0 Å². The zero-order valence-corrected chi connectivity index (χ0v) is 35.6. The van der Waals surface area contributed by atoms with Crippen molar-refractivity contribution < 1.29 is 142 Å². The smallest absolute Gasteiger partial charge is 0.208 e. The highest BCUT2D eigenvalue weighted by Gasteiger charge is 2.41. The molecule has 0 radical (unpaired) electrons. The van der Waals surface area contributed by atoms with E-state index in [4.69, 9.17) is 4.42 Å². The largest absolute Gasteiger partial charge is 0.506 e. The molecule has 0 aliphatic heterocycles. The second-order valence-electron chi connectivity index (χ2n) is 16.4. The molecule has 0 unspecified atom stereocenters. The summed E-state index contributed by atoms with van der Waals surface area (Å²) in [5.74, 6) is -43.4. The van der Waals surface area contributed by atoms with Crippen molar-refractivity contribution >= 4 is 65.0 Å². The summed E-state index contributed by atoms with van der Waals surface area (Å²) in [6.07, 6.45) is 0. The summed E-state index contributed by atoms with van der Waals surface area (Å²) >= 11 is 0. The Kier molecular flexibility index (Phi) is 8.89. The summed E-state index contributed by atoms with van der Waals surface area (Å²) in [6.45, 7) is 0. The summed E-state index contributed by atoms with van der Waals surface area (Å²) in [6, 6.07) is 0.631. The fourth-order valence-corrected chi connectivity index (χ4v) is 9.40. The van der Waals surface area contributed by atoms with Gasteiger partial charge in [0.1, 0.15) is 23.0 Å². The Labute approximate surface area is 401 Å². The van der Waals surface area contributed by atoms with Crippen LogP contribution in [0.4, 0.5) is 0 Å². The molecule has 0 aliphatic rings. The molecule has 10 aromatic rings. The van der Waals surface area contributed by atoms with E-state index in [2.05, 4.69) is 0 Å². The third kappa shape index (κ3) is 5.11. The Morgan fingerprint density at radius 3 is 0.838 bits per heavy atom. The fourth-order valence-electron chi connectivity index (χ4n) is 9.40. The number of aromatic hydroxyl groups is 27. The van der Waals surface area contributed by atoms with Gasteiger partial charge in [-0.2, -0.15) is 0 Å². The number of benzene rings is 9. The molecule has 27 N–H and O–H groups in total. The van der Waals surface area contributed by atoms with E-state index in [1.54, 1.807) is 0 Å². The molecule has 10 rings (SSSR count). The molecule has 0 saturated heterocycles. The van der Waals surface area contributed by atoms with Gasteiger partial charge in [0.2, 0.25) is 51.7 Å². The van der Waals surface area contributed by atoms with Crippen LogP contribution in [0.15, 0.2) is 10.5 Å². The van der Waals surface area contributed by atoms with Crippen molar-refractivity contribution in [1.29, 1.82) is 0 Å². The number of rotatable bonds is 3. The van der Waals surface area contributed by atoms with Crippen molar-refractivity contribution in [3.05, 3.63) is 6.07 Å². The lowest BCUT2D eigenvalue weighted by Gasteiger charge is -2.25. The number of hydrogen-bond donors (Lipinski definition) is 27. The first kappa shape index (κ1) is 46.2. The Balaban J connectivity index is 1.45. The summed E-state index contributed by atoms with van der Waals surface area (Å²) in [4.78, 5) is 0. The van der Waals surface area contributed by atoms with E-state index >= 15 is 0 Å². The third-order valence-electron chi connectivity index (χ3n) is 12.8. The van der Waals surface area contributed by atoms with Gasteiger partial charge in [-0.25, -0.2) is 0 Å². The second-order valence-corrected chi connectivity index (χ2v) is 16.4. The zero-order chi connectivity index (χ0) is 54.4. The molecular formula is C46H28O28. The van der Waals surface area contributed by atoms with E-state index < -0.39 is 254 Å². The summed E-state index contributed by atoms with van der Waals surface area (Å²) in [7, 11) is 0. The Bertz CT molecular complexity index is 4270. The van der Waals surface area contributed by atoms with Crippen LogP contribution in [0, 0.1) is 0 Å². The molecule has 0 atom stereocenters. The van der Waals surface area contributed by atoms with Crippen LogP contribution in [-0.4, -0.2) is 138 Å². The van der Waals surface area contributed by atoms with Crippen LogP contribution in [0.25, 0.3) is 98.4 Å². The SMILES string of the molecule is Oc1cc2c(O)c3oc4c(O)c(O)c(-c5c6c(O)c(O)c(O)c(O)c6c(-c6c(O)c(O)c7c(O)c(-c8c(O)c(O)c(O)c(O)c8O)c(O)c(O)c7c6O)c6c(O)c(O)c(O)c(O)c56)c(O)c4c3c(O)c2c(O)c1O. The number of phenolic OH excluding ortho intramolecular Hbond substituents is 27. The van der Waals surface area contributed by atoms with E-state index in [9.17, 15) is 138 Å². The van der Waals surface area contributed by atoms with Crippen LogP contribution in [0.2, 0.25) is 0 Å². The molecule has 1 heterocycles. The van der Waals surface area contributed by atoms with Gasteiger partial charge in [0.05, 0.1) is 49.2 Å². The van der Waals surface area contributed by atoms with Crippen LogP contribution in [0.3, 0.4) is 0 Å². The van der Waals surface area contributed by atoms with Gasteiger partial charge < -0.3 is 142 Å². The van der Waals surface area contributed by atoms with Gasteiger partial charge in [-0.05, 0) is 6.07 Å². The minimum atomic E-state index is -1.85. The molecule has 28 heteroatoms. The maximum atomic E-state index is 12.3. The molecule has 0 bridgehead atoms. The first-order valence-corrected chi connectivity index (χ1v) is 20.0. The van der Waals surface area contributed by atoms with E-state index in [0.29, 0.717) is 6.07 Å². The molecule has 0 amide bonds. The topological polar surface area (TPSA) is 559 Å². The first-order valence-electron chi connectivity index (χ1n) is 20.0. The van der Waals surface area contributed by atoms with Crippen molar-refractivity contribution in [2.45, 2.75) is 0 Å². The molecule has 0 fully saturated rings. The minimum Gasteiger partial charge on any atom is -0.506 e. The molecule has 0 spiro atoms. The zero-order valence-electron chi connectivity index (χ0n) is 35.6. The third-order valence-corrected chi connectivity index (χ3v) is 12.8. The van der Waals surface area contributed by atoms with Gasteiger partial charge in [0.25, 0.3) is 0 Å². The van der Waals surface area contributed by atoms with Crippen LogP contribution >= 0.6 is 0 Å². The lowest BCUT2D eigenvalue weighted by atomic mass is 9.81. The van der Waals surface area contributed by atoms with Gasteiger partial charge in [-0.1, -0.05) is 0 Å². The fraction of sp³-hybridized carbons (Fsp3) is 0. The lowest BCUT2D eigenvalue weighted by molar-refractivity contribution is 0.329. The monoisotopic (exact) mass is 1030 g/mol. The van der Waals surface area contributed by atoms with Crippen molar-refractivity contribution in [2.75, 3.05) is 0 Å². The van der Waals surface area contributed by atoms with E-state index in [1.807, 2.05) is 0 Å². The highest BCUT2D eigenvalue weighted by molar-refractivity contribution is 6.33. The molecule has 0 saturated carbocycles. The van der Waals surface area contributed by atoms with Crippen molar-refractivity contribution in [1.82, 2.24) is 0 Å². The van der Waals surface area contributed by atoms with Crippen LogP contribution in [0.1, 0.15) is 0 Å². The Hall–Kier alpha value is -11.6. The van der Waals surface area contributed by atoms with Gasteiger partial charge in [0.15, 0.2) is 91.7 Å². The molecule has 9 aromatic carbocycles. The van der Waals surface area contributed by atoms with Crippen molar-refractivity contribution in [2.24, 2.45) is 0 Å². The highest BCUT2D eigenvalue weighted by atomic mass is 16.4. The van der Waals surface area contributed by atoms with Gasteiger partial charge >= 0.3 is 0 Å². The van der Waals surface area contributed by atoms with E-state index in [-0.39, 0.29) is 0 Å². The maximum Gasteiger partial charge on any atom is 0.208 e. The second kappa shape index (κ2) is 14.3. The van der Waals surface area contributed by atoms with E-state index in [0.717, 1.165) is 0 Å². The van der Waals surface area contributed by atoms with Gasteiger partial charge in [-0.15, -0.1) is 0 Å². The summed E-state index contributed by atoms with van der Waals surface area (Å²) in [5, 5.41) is 290. The average Bonchev–Trinajstić information content (AvgIpc) is 3.78. The molecule has 74 heavy (non-hydrogen) atoms. The predicted octanol–water partition coefficient (Wildman–Crippen LogP) is 5.25.